The van der Waals surface area contributed by atoms with Crippen molar-refractivity contribution >= 4 is 5.91 Å². The highest BCUT2D eigenvalue weighted by Gasteiger charge is 2.26. The molecule has 128 valence electrons. The van der Waals surface area contributed by atoms with E-state index in [1.54, 1.807) is 17.9 Å². The predicted octanol–water partition coefficient (Wildman–Crippen LogP) is 2.50. The minimum atomic E-state index is -2.43. The first-order valence-electron chi connectivity index (χ1n) is 9.51. The summed E-state index contributed by atoms with van der Waals surface area (Å²) >= 11 is 0. The van der Waals surface area contributed by atoms with Crippen LogP contribution in [0.3, 0.4) is 0 Å². The number of carbonyl (C=O) groups is 1. The van der Waals surface area contributed by atoms with Crippen LogP contribution in [-0.4, -0.2) is 25.8 Å². The molecule has 2 aromatic heterocycles. The topological polar surface area (TPSA) is 85.8 Å². The maximum atomic E-state index is 12.6. The van der Waals surface area contributed by atoms with Gasteiger partial charge in [0.1, 0.15) is 0 Å². The Morgan fingerprint density at radius 2 is 2.36 bits per heavy atom. The number of fused-ring (bicyclic) bond motifs is 1. The zero-order valence-electron chi connectivity index (χ0n) is 16.9. The minimum Gasteiger partial charge on any atom is -0.345 e. The van der Waals surface area contributed by atoms with E-state index in [2.05, 4.69) is 20.6 Å². The van der Waals surface area contributed by atoms with E-state index in [4.69, 9.17) is 8.64 Å². The van der Waals surface area contributed by atoms with E-state index in [0.29, 0.717) is 16.8 Å². The Labute approximate surface area is 149 Å². The molecule has 0 spiro atoms. The third-order valence-electron chi connectivity index (χ3n) is 4.47. The summed E-state index contributed by atoms with van der Waals surface area (Å²) in [4.78, 5) is 16.6. The molecule has 0 radical (unpaired) electrons. The third-order valence-corrected chi connectivity index (χ3v) is 4.47. The second kappa shape index (κ2) is 5.84. The zero-order valence-corrected chi connectivity index (χ0v) is 13.9. The van der Waals surface area contributed by atoms with Gasteiger partial charge >= 0.3 is 0 Å². The van der Waals surface area contributed by atoms with Gasteiger partial charge in [-0.25, -0.2) is 0 Å². The molecule has 1 aliphatic rings. The Hall–Kier alpha value is -2.96. The number of amides is 1. The standard InChI is InChI=1S/C18H19N5O2/c1-10-15(9-23(3)21-10)18(24)20-16-7-5-12-8-13(4-6-14(12)16)17-19-11(2)25-22-17/h4,6,8-9,16H,5,7H2,1-3H3,(H,20,24)/t16-/m1/s1/i2D3. The molecule has 1 atom stereocenters. The summed E-state index contributed by atoms with van der Waals surface area (Å²) in [6.45, 7) is -0.621. The third kappa shape index (κ3) is 2.82. The van der Waals surface area contributed by atoms with E-state index in [-0.39, 0.29) is 23.7 Å². The smallest absolute Gasteiger partial charge is 0.255 e. The molecule has 0 saturated heterocycles. The van der Waals surface area contributed by atoms with Crippen molar-refractivity contribution in [1.29, 1.82) is 0 Å². The molecule has 1 aromatic carbocycles. The molecule has 0 bridgehead atoms. The molecule has 0 unspecified atom stereocenters. The number of hydrogen-bond donors (Lipinski definition) is 1. The van der Waals surface area contributed by atoms with Crippen molar-refractivity contribution < 1.29 is 13.4 Å². The summed E-state index contributed by atoms with van der Waals surface area (Å²) in [7, 11) is 1.78. The van der Waals surface area contributed by atoms with Gasteiger partial charge < -0.3 is 9.84 Å². The van der Waals surface area contributed by atoms with Crippen molar-refractivity contribution in [2.24, 2.45) is 7.05 Å². The molecule has 7 nitrogen and oxygen atoms in total. The Bertz CT molecular complexity index is 1050. The fourth-order valence-electron chi connectivity index (χ4n) is 3.31. The number of hydrogen-bond acceptors (Lipinski definition) is 5. The molecule has 7 heteroatoms. The van der Waals surface area contributed by atoms with Crippen LogP contribution in [0.2, 0.25) is 0 Å². The Morgan fingerprint density at radius 1 is 1.48 bits per heavy atom. The summed E-state index contributed by atoms with van der Waals surface area (Å²) < 4.78 is 28.5. The Morgan fingerprint density at radius 3 is 3.08 bits per heavy atom. The zero-order chi connectivity index (χ0) is 20.1. The van der Waals surface area contributed by atoms with Crippen molar-refractivity contribution in [1.82, 2.24) is 25.2 Å². The van der Waals surface area contributed by atoms with Crippen molar-refractivity contribution in [3.63, 3.8) is 0 Å². The molecule has 1 aliphatic carbocycles. The van der Waals surface area contributed by atoms with Crippen LogP contribution in [-0.2, 0) is 13.5 Å². The van der Waals surface area contributed by atoms with Crippen LogP contribution in [0, 0.1) is 13.8 Å². The lowest BCUT2D eigenvalue weighted by atomic mass is 10.0. The Balaban J connectivity index is 1.54. The molecule has 1 N–H and O–H groups in total. The van der Waals surface area contributed by atoms with Gasteiger partial charge in [0.05, 0.1) is 17.3 Å². The molecule has 1 amide bonds. The number of benzene rings is 1. The van der Waals surface area contributed by atoms with Crippen molar-refractivity contribution in [3.8, 4) is 11.4 Å². The van der Waals surface area contributed by atoms with Crippen LogP contribution >= 0.6 is 0 Å². The van der Waals surface area contributed by atoms with Gasteiger partial charge in [0.15, 0.2) is 0 Å². The van der Waals surface area contributed by atoms with Gasteiger partial charge in [-0.1, -0.05) is 17.3 Å². The van der Waals surface area contributed by atoms with Gasteiger partial charge in [-0.3, -0.25) is 9.48 Å². The summed E-state index contributed by atoms with van der Waals surface area (Å²) in [5.74, 6) is -0.277. The molecular formula is C18H19N5O2. The normalized spacial score (nSPS) is 18.3. The van der Waals surface area contributed by atoms with E-state index in [9.17, 15) is 4.79 Å². The summed E-state index contributed by atoms with van der Waals surface area (Å²) in [5, 5.41) is 11.1. The maximum Gasteiger partial charge on any atom is 0.255 e. The fourth-order valence-corrected chi connectivity index (χ4v) is 3.31. The average molecular weight is 340 g/mol. The monoisotopic (exact) mass is 340 g/mol. The van der Waals surface area contributed by atoms with Crippen LogP contribution < -0.4 is 5.32 Å². The van der Waals surface area contributed by atoms with E-state index in [0.717, 1.165) is 24.0 Å². The molecule has 4 rings (SSSR count). The SMILES string of the molecule is [2H]C([2H])([2H])c1nc(-c2ccc3c(c2)CC[C@H]3NC(=O)c2cn(C)nc2C)no1. The van der Waals surface area contributed by atoms with Crippen LogP contribution in [0.4, 0.5) is 0 Å². The highest BCUT2D eigenvalue weighted by Crippen LogP contribution is 2.34. The second-order valence-electron chi connectivity index (χ2n) is 6.20. The first-order chi connectivity index (χ1) is 13.2. The first kappa shape index (κ1) is 12.4. The molecule has 2 heterocycles. The fraction of sp³-hybridized carbons (Fsp3) is 0.333. The van der Waals surface area contributed by atoms with E-state index in [1.165, 1.54) is 0 Å². The maximum absolute atomic E-state index is 12.6. The van der Waals surface area contributed by atoms with Crippen molar-refractivity contribution in [3.05, 3.63) is 52.7 Å². The number of nitrogens with one attached hydrogen (secondary N) is 1. The molecule has 0 aliphatic heterocycles. The van der Waals surface area contributed by atoms with Gasteiger partial charge in [0.2, 0.25) is 11.7 Å². The van der Waals surface area contributed by atoms with E-state index in [1.807, 2.05) is 25.1 Å². The highest BCUT2D eigenvalue weighted by atomic mass is 16.5. The quantitative estimate of drug-likeness (QED) is 0.792. The van der Waals surface area contributed by atoms with Crippen LogP contribution in [0.15, 0.2) is 28.9 Å². The lowest BCUT2D eigenvalue weighted by Crippen LogP contribution is -2.27. The summed E-state index contributed by atoms with van der Waals surface area (Å²) in [5.41, 5.74) is 4.06. The summed E-state index contributed by atoms with van der Waals surface area (Å²) in [6.07, 6.45) is 3.29. The molecule has 25 heavy (non-hydrogen) atoms. The van der Waals surface area contributed by atoms with Crippen molar-refractivity contribution in [2.75, 3.05) is 0 Å². The predicted molar refractivity (Wildman–Crippen MR) is 90.9 cm³/mol. The van der Waals surface area contributed by atoms with Crippen LogP contribution in [0.1, 0.15) is 49.6 Å². The first-order valence-corrected chi connectivity index (χ1v) is 8.01. The number of nitrogens with zero attached hydrogens (tertiary/aromatic N) is 4. The van der Waals surface area contributed by atoms with Crippen LogP contribution in [0.5, 0.6) is 0 Å². The molecular weight excluding hydrogens is 318 g/mol. The minimum absolute atomic E-state index is 0.0839. The number of carbonyl (C=O) groups excluding carboxylic acids is 1. The number of rotatable bonds is 3. The number of aromatic nitrogens is 4. The molecule has 3 aromatic rings. The largest absolute Gasteiger partial charge is 0.345 e. The summed E-state index contributed by atoms with van der Waals surface area (Å²) in [6, 6.07) is 5.57. The van der Waals surface area contributed by atoms with Crippen LogP contribution in [0.25, 0.3) is 11.4 Å². The van der Waals surface area contributed by atoms with Gasteiger partial charge in [-0.15, -0.1) is 0 Å². The van der Waals surface area contributed by atoms with Gasteiger partial charge in [0.25, 0.3) is 5.91 Å². The van der Waals surface area contributed by atoms with Crippen molar-refractivity contribution in [2.45, 2.75) is 32.7 Å². The lowest BCUT2D eigenvalue weighted by Gasteiger charge is -2.14. The van der Waals surface area contributed by atoms with E-state index >= 15 is 0 Å². The average Bonchev–Trinajstić information content (AvgIpc) is 3.33. The molecule has 0 fully saturated rings. The van der Waals surface area contributed by atoms with E-state index < -0.39 is 6.85 Å². The van der Waals surface area contributed by atoms with Gasteiger partial charge in [0, 0.05) is 29.8 Å². The van der Waals surface area contributed by atoms with Gasteiger partial charge in [-0.2, -0.15) is 10.1 Å². The number of aryl methyl sites for hydroxylation is 4. The second-order valence-corrected chi connectivity index (χ2v) is 6.20. The molecule has 0 saturated carbocycles. The van der Waals surface area contributed by atoms with Gasteiger partial charge in [-0.05, 0) is 37.0 Å². The lowest BCUT2D eigenvalue weighted by molar-refractivity contribution is 0.0936. The Kier molecular flexibility index (Phi) is 2.90. The highest BCUT2D eigenvalue weighted by molar-refractivity contribution is 5.95.